The first-order chi connectivity index (χ1) is 16.4. The number of amidine groups is 1. The van der Waals surface area contributed by atoms with Gasteiger partial charge in [-0.05, 0) is 61.6 Å². The summed E-state index contributed by atoms with van der Waals surface area (Å²) in [6.45, 7) is 5.63. The molecule has 1 amide bonds. The first-order valence-corrected chi connectivity index (χ1v) is 12.0. The zero-order valence-electron chi connectivity index (χ0n) is 19.0. The molecule has 2 aliphatic rings. The molecule has 176 valence electrons. The van der Waals surface area contributed by atoms with E-state index in [1.165, 1.54) is 11.8 Å². The second-order valence-electron chi connectivity index (χ2n) is 7.69. The molecule has 2 aromatic rings. The van der Waals surface area contributed by atoms with Gasteiger partial charge in [-0.3, -0.25) is 4.79 Å². The number of hydrogen-bond donors (Lipinski definition) is 1. The van der Waals surface area contributed by atoms with Crippen LogP contribution in [-0.4, -0.2) is 35.2 Å². The highest BCUT2D eigenvalue weighted by Crippen LogP contribution is 2.41. The third-order valence-electron chi connectivity index (χ3n) is 5.36. The van der Waals surface area contributed by atoms with Crippen molar-refractivity contribution in [3.05, 3.63) is 81.5 Å². The van der Waals surface area contributed by atoms with Crippen molar-refractivity contribution >= 4 is 46.1 Å². The van der Waals surface area contributed by atoms with E-state index >= 15 is 0 Å². The molecule has 2 aromatic carbocycles. The third-order valence-corrected chi connectivity index (χ3v) is 6.36. The molecule has 0 fully saturated rings. The van der Waals surface area contributed by atoms with Gasteiger partial charge in [-0.25, -0.2) is 9.79 Å². The molecule has 0 bridgehead atoms. The predicted molar refractivity (Wildman–Crippen MR) is 135 cm³/mol. The normalized spacial score (nSPS) is 16.8. The summed E-state index contributed by atoms with van der Waals surface area (Å²) in [5, 5.41) is 6.10. The van der Waals surface area contributed by atoms with Crippen LogP contribution >= 0.6 is 23.4 Å². The molecule has 0 unspecified atom stereocenters. The summed E-state index contributed by atoms with van der Waals surface area (Å²) in [7, 11) is 0. The molecule has 9 heteroatoms. The van der Waals surface area contributed by atoms with Crippen LogP contribution in [0.2, 0.25) is 5.02 Å². The molecular formula is C25H24ClN3O4S. The lowest BCUT2D eigenvalue weighted by atomic mass is 9.95. The molecular weight excluding hydrogens is 474 g/mol. The summed E-state index contributed by atoms with van der Waals surface area (Å²) in [6.07, 6.45) is 1.91. The number of allylic oxidation sites excluding steroid dienone is 1. The Morgan fingerprint density at radius 1 is 1.18 bits per heavy atom. The smallest absolute Gasteiger partial charge is 0.338 e. The largest absolute Gasteiger partial charge is 0.484 e. The molecule has 2 aliphatic heterocycles. The SMILES string of the molecule is CCOC(=O)C1=C(C)N=C2SC=CN2[C@H]1c1ccc(OCC(=O)Nc2cc(Cl)ccc2C)cc1. The van der Waals surface area contributed by atoms with Gasteiger partial charge >= 0.3 is 5.97 Å². The molecule has 0 spiro atoms. The number of anilines is 1. The van der Waals surface area contributed by atoms with Gasteiger partial charge in [0, 0.05) is 16.9 Å². The number of aryl methyl sites for hydroxylation is 1. The number of rotatable bonds is 7. The van der Waals surface area contributed by atoms with Crippen molar-refractivity contribution in [1.29, 1.82) is 0 Å². The van der Waals surface area contributed by atoms with Gasteiger partial charge in [-0.2, -0.15) is 0 Å². The highest BCUT2D eigenvalue weighted by molar-refractivity contribution is 8.16. The maximum Gasteiger partial charge on any atom is 0.338 e. The van der Waals surface area contributed by atoms with Crippen molar-refractivity contribution in [2.75, 3.05) is 18.5 Å². The fraction of sp³-hybridized carbons (Fsp3) is 0.240. The molecule has 0 aromatic heterocycles. The Bertz CT molecular complexity index is 1210. The topological polar surface area (TPSA) is 80.2 Å². The van der Waals surface area contributed by atoms with Gasteiger partial charge in [0.25, 0.3) is 5.91 Å². The zero-order valence-corrected chi connectivity index (χ0v) is 20.6. The second kappa shape index (κ2) is 10.4. The molecule has 0 saturated carbocycles. The van der Waals surface area contributed by atoms with Crippen molar-refractivity contribution < 1.29 is 19.1 Å². The fourth-order valence-electron chi connectivity index (χ4n) is 3.71. The van der Waals surface area contributed by atoms with Gasteiger partial charge in [-0.15, -0.1) is 0 Å². The van der Waals surface area contributed by atoms with E-state index in [0.717, 1.165) is 16.3 Å². The van der Waals surface area contributed by atoms with Gasteiger partial charge < -0.3 is 19.7 Å². The number of ether oxygens (including phenoxy) is 2. The van der Waals surface area contributed by atoms with E-state index in [9.17, 15) is 9.59 Å². The van der Waals surface area contributed by atoms with E-state index in [1.807, 2.05) is 48.6 Å². The van der Waals surface area contributed by atoms with Crippen LogP contribution in [0.15, 0.2) is 70.3 Å². The van der Waals surface area contributed by atoms with Crippen LogP contribution < -0.4 is 10.1 Å². The van der Waals surface area contributed by atoms with Crippen LogP contribution in [0.25, 0.3) is 0 Å². The van der Waals surface area contributed by atoms with E-state index in [2.05, 4.69) is 10.3 Å². The summed E-state index contributed by atoms with van der Waals surface area (Å²) >= 11 is 7.52. The van der Waals surface area contributed by atoms with Gasteiger partial charge in [-0.1, -0.05) is 41.6 Å². The van der Waals surface area contributed by atoms with E-state index in [4.69, 9.17) is 21.1 Å². The second-order valence-corrected chi connectivity index (χ2v) is 9.00. The molecule has 1 N–H and O–H groups in total. The number of halogens is 1. The number of benzene rings is 2. The number of nitrogens with one attached hydrogen (secondary N) is 1. The highest BCUT2D eigenvalue weighted by atomic mass is 35.5. The van der Waals surface area contributed by atoms with Gasteiger partial charge in [0.15, 0.2) is 11.8 Å². The van der Waals surface area contributed by atoms with E-state index in [-0.39, 0.29) is 31.1 Å². The van der Waals surface area contributed by atoms with Crippen molar-refractivity contribution in [2.24, 2.45) is 4.99 Å². The molecule has 0 aliphatic carbocycles. The van der Waals surface area contributed by atoms with E-state index < -0.39 is 0 Å². The van der Waals surface area contributed by atoms with E-state index in [0.29, 0.717) is 27.7 Å². The molecule has 2 heterocycles. The highest BCUT2D eigenvalue weighted by Gasteiger charge is 2.37. The van der Waals surface area contributed by atoms with Crippen LogP contribution in [0.4, 0.5) is 5.69 Å². The number of thioether (sulfide) groups is 1. The fourth-order valence-corrected chi connectivity index (χ4v) is 4.67. The number of amides is 1. The van der Waals surface area contributed by atoms with E-state index in [1.54, 1.807) is 31.2 Å². The molecule has 7 nitrogen and oxygen atoms in total. The van der Waals surface area contributed by atoms with Crippen LogP contribution in [-0.2, 0) is 14.3 Å². The summed E-state index contributed by atoms with van der Waals surface area (Å²) < 4.78 is 11.0. The Kier molecular flexibility index (Phi) is 7.29. The minimum atomic E-state index is -0.383. The predicted octanol–water partition coefficient (Wildman–Crippen LogP) is 5.43. The van der Waals surface area contributed by atoms with Gasteiger partial charge in [0.1, 0.15) is 5.75 Å². The Balaban J connectivity index is 1.47. The maximum absolute atomic E-state index is 12.7. The first kappa shape index (κ1) is 23.9. The van der Waals surface area contributed by atoms with Crippen molar-refractivity contribution in [3.63, 3.8) is 0 Å². The lowest BCUT2D eigenvalue weighted by molar-refractivity contribution is -0.139. The first-order valence-electron chi connectivity index (χ1n) is 10.7. The summed E-state index contributed by atoms with van der Waals surface area (Å²) in [4.78, 5) is 31.6. The minimum Gasteiger partial charge on any atom is -0.484 e. The summed E-state index contributed by atoms with van der Waals surface area (Å²) in [5.41, 5.74) is 3.58. The Labute approximate surface area is 207 Å². The van der Waals surface area contributed by atoms with Crippen LogP contribution in [0, 0.1) is 6.92 Å². The average molecular weight is 498 g/mol. The lowest BCUT2D eigenvalue weighted by Gasteiger charge is -2.33. The monoisotopic (exact) mass is 497 g/mol. The number of nitrogens with zero attached hydrogens (tertiary/aromatic N) is 2. The summed E-state index contributed by atoms with van der Waals surface area (Å²) in [6, 6.07) is 12.3. The molecule has 34 heavy (non-hydrogen) atoms. The van der Waals surface area contributed by atoms with Crippen LogP contribution in [0.5, 0.6) is 5.75 Å². The Morgan fingerprint density at radius 2 is 1.94 bits per heavy atom. The minimum absolute atomic E-state index is 0.149. The number of carbonyl (C=O) groups is 2. The Hall–Kier alpha value is -3.23. The number of esters is 1. The lowest BCUT2D eigenvalue weighted by Crippen LogP contribution is -2.34. The maximum atomic E-state index is 12.7. The molecule has 0 saturated heterocycles. The average Bonchev–Trinajstić information content (AvgIpc) is 3.27. The van der Waals surface area contributed by atoms with Gasteiger partial charge in [0.2, 0.25) is 0 Å². The molecule has 4 rings (SSSR count). The zero-order chi connectivity index (χ0) is 24.2. The Morgan fingerprint density at radius 3 is 2.68 bits per heavy atom. The van der Waals surface area contributed by atoms with Gasteiger partial charge in [0.05, 0.1) is 23.9 Å². The number of aliphatic imine (C=N–C) groups is 1. The number of fused-ring (bicyclic) bond motifs is 1. The molecule has 0 radical (unpaired) electrons. The number of carbonyl (C=O) groups excluding carboxylic acids is 2. The standard InChI is InChI=1S/C25H24ClN3O4S/c1-4-32-24(31)22-16(3)27-25-29(11-12-34-25)23(22)17-6-9-19(10-7-17)33-14-21(30)28-20-13-18(26)8-5-15(20)2/h5-13,23H,4,14H2,1-3H3,(H,28,30)/t23-/m0/s1. The number of hydrogen-bond acceptors (Lipinski definition) is 7. The summed E-state index contributed by atoms with van der Waals surface area (Å²) in [5.74, 6) is -0.132. The van der Waals surface area contributed by atoms with Crippen molar-refractivity contribution in [2.45, 2.75) is 26.8 Å². The van der Waals surface area contributed by atoms with Crippen LogP contribution in [0.3, 0.4) is 0 Å². The third kappa shape index (κ3) is 5.13. The van der Waals surface area contributed by atoms with Crippen LogP contribution in [0.1, 0.15) is 31.0 Å². The quantitative estimate of drug-likeness (QED) is 0.513. The van der Waals surface area contributed by atoms with Crippen molar-refractivity contribution in [3.8, 4) is 5.75 Å². The van der Waals surface area contributed by atoms with Crippen molar-refractivity contribution in [1.82, 2.24) is 4.90 Å². The molecule has 1 atom stereocenters.